The van der Waals surface area contributed by atoms with Gasteiger partial charge in [-0.2, -0.15) is 0 Å². The maximum atomic E-state index is 13.1. The van der Waals surface area contributed by atoms with Gasteiger partial charge in [-0.3, -0.25) is 9.59 Å². The molecule has 1 aromatic rings. The Bertz CT molecular complexity index is 705. The van der Waals surface area contributed by atoms with Gasteiger partial charge in [0, 0.05) is 18.9 Å². The van der Waals surface area contributed by atoms with Gasteiger partial charge in [-0.1, -0.05) is 38.5 Å². The predicted molar refractivity (Wildman–Crippen MR) is 109 cm³/mol. The monoisotopic (exact) mass is 369 g/mol. The topological polar surface area (TPSA) is 61.8 Å². The maximum Gasteiger partial charge on any atom is 0.223 e. The summed E-state index contributed by atoms with van der Waals surface area (Å²) in [5.41, 5.74) is 2.37. The van der Waals surface area contributed by atoms with Crippen LogP contribution in [0.15, 0.2) is 29.3 Å². The highest BCUT2D eigenvalue weighted by atomic mass is 16.2. The molecule has 3 rings (SSSR count). The van der Waals surface area contributed by atoms with Crippen LogP contribution in [0.4, 0.5) is 5.69 Å². The van der Waals surface area contributed by atoms with Gasteiger partial charge < -0.3 is 10.2 Å². The first-order valence-electron chi connectivity index (χ1n) is 10.3. The molecule has 0 saturated carbocycles. The van der Waals surface area contributed by atoms with Crippen molar-refractivity contribution in [1.82, 2.24) is 10.2 Å². The third kappa shape index (κ3) is 5.04. The molecule has 1 fully saturated rings. The highest BCUT2D eigenvalue weighted by molar-refractivity contribution is 6.42. The number of carbonyl (C=O) groups excluding carboxylic acids is 2. The fourth-order valence-corrected chi connectivity index (χ4v) is 3.83. The van der Waals surface area contributed by atoms with E-state index in [-0.39, 0.29) is 17.7 Å². The Morgan fingerprint density at radius 2 is 2.11 bits per heavy atom. The lowest BCUT2D eigenvalue weighted by Crippen LogP contribution is -2.46. The standard InChI is InChI=1S/C22H31N3O2/c1-3-16(2)13-22(27)25(18-8-6-11-23-12-10-18)15-20-21(26)14-17-7-4-5-9-19(17)24-20/h4-5,7,9,16,18,23H,3,6,8,10-15H2,1-2H3/t16-,18?/m0/s1. The molecule has 2 heterocycles. The van der Waals surface area contributed by atoms with E-state index in [2.05, 4.69) is 24.2 Å². The van der Waals surface area contributed by atoms with E-state index in [4.69, 9.17) is 0 Å². The van der Waals surface area contributed by atoms with E-state index in [1.54, 1.807) is 0 Å². The molecule has 0 spiro atoms. The normalized spacial score (nSPS) is 21.0. The van der Waals surface area contributed by atoms with Gasteiger partial charge in [-0.15, -0.1) is 0 Å². The SMILES string of the molecule is CC[C@H](C)CC(=O)N(CC1=Nc2ccccc2CC1=O)C1CCCNCC1. The summed E-state index contributed by atoms with van der Waals surface area (Å²) in [5, 5.41) is 3.41. The summed E-state index contributed by atoms with van der Waals surface area (Å²) in [6.07, 6.45) is 4.88. The lowest BCUT2D eigenvalue weighted by atomic mass is 9.98. The van der Waals surface area contributed by atoms with Crippen molar-refractivity contribution in [2.24, 2.45) is 10.9 Å². The zero-order valence-electron chi connectivity index (χ0n) is 16.5. The zero-order valence-corrected chi connectivity index (χ0v) is 16.5. The predicted octanol–water partition coefficient (Wildman–Crippen LogP) is 3.29. The highest BCUT2D eigenvalue weighted by Crippen LogP contribution is 2.25. The smallest absolute Gasteiger partial charge is 0.223 e. The largest absolute Gasteiger partial charge is 0.334 e. The van der Waals surface area contributed by atoms with Crippen molar-refractivity contribution in [2.45, 2.75) is 58.4 Å². The first-order chi connectivity index (χ1) is 13.1. The molecule has 0 aliphatic carbocycles. The summed E-state index contributed by atoms with van der Waals surface area (Å²) >= 11 is 0. The summed E-state index contributed by atoms with van der Waals surface area (Å²) in [4.78, 5) is 32.3. The zero-order chi connectivity index (χ0) is 19.2. The number of Topliss-reactive ketones (excluding diaryl/α,β-unsaturated/α-hetero) is 1. The van der Waals surface area contributed by atoms with E-state index in [0.29, 0.717) is 31.0 Å². The quantitative estimate of drug-likeness (QED) is 0.837. The summed E-state index contributed by atoms with van der Waals surface area (Å²) in [7, 11) is 0. The molecule has 0 aromatic heterocycles. The van der Waals surface area contributed by atoms with E-state index >= 15 is 0 Å². The molecule has 1 amide bonds. The van der Waals surface area contributed by atoms with Gasteiger partial charge in [-0.05, 0) is 49.9 Å². The number of nitrogens with one attached hydrogen (secondary N) is 1. The Labute approximate surface area is 162 Å². The Hall–Kier alpha value is -2.01. The Morgan fingerprint density at radius 3 is 2.93 bits per heavy atom. The molecule has 0 radical (unpaired) electrons. The van der Waals surface area contributed by atoms with Crippen LogP contribution in [0.5, 0.6) is 0 Å². The molecule has 5 nitrogen and oxygen atoms in total. The molecule has 146 valence electrons. The van der Waals surface area contributed by atoms with Gasteiger partial charge >= 0.3 is 0 Å². The van der Waals surface area contributed by atoms with Crippen LogP contribution in [0.2, 0.25) is 0 Å². The fourth-order valence-electron chi connectivity index (χ4n) is 3.83. The second-order valence-corrected chi connectivity index (χ2v) is 7.86. The van der Waals surface area contributed by atoms with Crippen LogP contribution in [-0.4, -0.2) is 48.0 Å². The summed E-state index contributed by atoms with van der Waals surface area (Å²) < 4.78 is 0. The molecule has 5 heteroatoms. The minimum atomic E-state index is 0.0433. The number of ketones is 1. The van der Waals surface area contributed by atoms with Gasteiger partial charge in [0.2, 0.25) is 5.91 Å². The molecular formula is C22H31N3O2. The molecule has 1 unspecified atom stereocenters. The van der Waals surface area contributed by atoms with Crippen LogP contribution in [-0.2, 0) is 16.0 Å². The minimum absolute atomic E-state index is 0.0433. The molecule has 0 bridgehead atoms. The second-order valence-electron chi connectivity index (χ2n) is 7.86. The fraction of sp³-hybridized carbons (Fsp3) is 0.591. The lowest BCUT2D eigenvalue weighted by Gasteiger charge is -2.33. The third-order valence-electron chi connectivity index (χ3n) is 5.77. The van der Waals surface area contributed by atoms with Crippen LogP contribution in [0.3, 0.4) is 0 Å². The van der Waals surface area contributed by atoms with E-state index in [1.165, 1.54) is 0 Å². The van der Waals surface area contributed by atoms with Crippen LogP contribution in [0.25, 0.3) is 0 Å². The number of para-hydroxylation sites is 1. The van der Waals surface area contributed by atoms with Crippen LogP contribution < -0.4 is 5.32 Å². The molecule has 1 aromatic carbocycles. The van der Waals surface area contributed by atoms with Crippen molar-refractivity contribution < 1.29 is 9.59 Å². The summed E-state index contributed by atoms with van der Waals surface area (Å²) in [5.74, 6) is 0.557. The van der Waals surface area contributed by atoms with E-state index in [0.717, 1.165) is 50.0 Å². The number of nitrogens with zero attached hydrogens (tertiary/aromatic N) is 2. The molecule has 1 N–H and O–H groups in total. The first-order valence-corrected chi connectivity index (χ1v) is 10.3. The Morgan fingerprint density at radius 1 is 1.30 bits per heavy atom. The number of hydrogen-bond acceptors (Lipinski definition) is 4. The summed E-state index contributed by atoms with van der Waals surface area (Å²) in [6.45, 7) is 6.49. The number of carbonyl (C=O) groups is 2. The van der Waals surface area contributed by atoms with Gasteiger partial charge in [0.25, 0.3) is 0 Å². The molecular weight excluding hydrogens is 338 g/mol. The number of fused-ring (bicyclic) bond motifs is 1. The van der Waals surface area contributed by atoms with Crippen molar-refractivity contribution in [3.8, 4) is 0 Å². The van der Waals surface area contributed by atoms with Gasteiger partial charge in [0.05, 0.1) is 12.2 Å². The third-order valence-corrected chi connectivity index (χ3v) is 5.77. The summed E-state index contributed by atoms with van der Waals surface area (Å²) in [6, 6.07) is 7.97. The molecule has 1 saturated heterocycles. The first kappa shape index (κ1) is 19.7. The highest BCUT2D eigenvalue weighted by Gasteiger charge is 2.29. The van der Waals surface area contributed by atoms with Crippen molar-refractivity contribution in [3.63, 3.8) is 0 Å². The van der Waals surface area contributed by atoms with E-state index in [1.807, 2.05) is 29.2 Å². The van der Waals surface area contributed by atoms with E-state index in [9.17, 15) is 9.59 Å². The number of aliphatic imine (C=N–C) groups is 1. The van der Waals surface area contributed by atoms with Gasteiger partial charge in [0.1, 0.15) is 5.71 Å². The molecule has 2 aliphatic heterocycles. The number of rotatable bonds is 6. The van der Waals surface area contributed by atoms with Crippen LogP contribution >= 0.6 is 0 Å². The minimum Gasteiger partial charge on any atom is -0.334 e. The molecule has 2 aliphatic rings. The second kappa shape index (κ2) is 9.27. The van der Waals surface area contributed by atoms with Gasteiger partial charge in [0.15, 0.2) is 5.78 Å². The number of amides is 1. The van der Waals surface area contributed by atoms with Gasteiger partial charge in [-0.25, -0.2) is 4.99 Å². The number of benzene rings is 1. The average molecular weight is 370 g/mol. The molecule has 27 heavy (non-hydrogen) atoms. The van der Waals surface area contributed by atoms with Crippen molar-refractivity contribution in [3.05, 3.63) is 29.8 Å². The average Bonchev–Trinajstić information content (AvgIpc) is 2.95. The number of hydrogen-bond donors (Lipinski definition) is 1. The van der Waals surface area contributed by atoms with Crippen LogP contribution in [0.1, 0.15) is 51.5 Å². The van der Waals surface area contributed by atoms with Crippen LogP contribution in [0, 0.1) is 5.92 Å². The van der Waals surface area contributed by atoms with E-state index < -0.39 is 0 Å². The lowest BCUT2D eigenvalue weighted by molar-refractivity contribution is -0.133. The van der Waals surface area contributed by atoms with Crippen molar-refractivity contribution in [2.75, 3.05) is 19.6 Å². The maximum absolute atomic E-state index is 13.1. The Balaban J connectivity index is 1.83. The molecule has 2 atom stereocenters. The van der Waals surface area contributed by atoms with Crippen molar-refractivity contribution >= 4 is 23.1 Å². The Kier molecular flexibility index (Phi) is 6.78. The van der Waals surface area contributed by atoms with Crippen molar-refractivity contribution in [1.29, 1.82) is 0 Å².